The predicted molar refractivity (Wildman–Crippen MR) is 41.8 cm³/mol. The van der Waals surface area contributed by atoms with Gasteiger partial charge in [-0.25, -0.2) is 0 Å². The van der Waals surface area contributed by atoms with Crippen LogP contribution >= 0.6 is 0 Å². The SMILES string of the molecule is CC(N)CCS(=O)CC#N. The second-order valence-corrected chi connectivity index (χ2v) is 3.79. The molecule has 0 fully saturated rings. The number of nitrogens with two attached hydrogens (primary N) is 1. The summed E-state index contributed by atoms with van der Waals surface area (Å²) in [6.45, 7) is 1.86. The molecule has 0 aromatic heterocycles. The van der Waals surface area contributed by atoms with Crippen LogP contribution in [0.5, 0.6) is 0 Å². The second kappa shape index (κ2) is 5.39. The van der Waals surface area contributed by atoms with E-state index in [0.717, 1.165) is 6.42 Å². The number of nitrogens with zero attached hydrogens (tertiary/aromatic N) is 1. The first-order chi connectivity index (χ1) is 4.66. The molecule has 2 unspecified atom stereocenters. The second-order valence-electron chi connectivity index (χ2n) is 2.21. The van der Waals surface area contributed by atoms with Gasteiger partial charge in [-0.3, -0.25) is 4.21 Å². The zero-order valence-electron chi connectivity index (χ0n) is 6.04. The van der Waals surface area contributed by atoms with E-state index in [1.807, 2.05) is 13.0 Å². The minimum atomic E-state index is -0.982. The Bertz CT molecular complexity index is 150. The van der Waals surface area contributed by atoms with Crippen molar-refractivity contribution in [2.45, 2.75) is 19.4 Å². The predicted octanol–water partition coefficient (Wildman–Crippen LogP) is -0.00402. The molecule has 3 nitrogen and oxygen atoms in total. The Morgan fingerprint density at radius 2 is 2.40 bits per heavy atom. The summed E-state index contributed by atoms with van der Waals surface area (Å²) < 4.78 is 10.8. The molecule has 0 aliphatic heterocycles. The zero-order valence-corrected chi connectivity index (χ0v) is 6.86. The number of hydrogen-bond donors (Lipinski definition) is 1. The van der Waals surface area contributed by atoms with Crippen molar-refractivity contribution in [2.24, 2.45) is 5.73 Å². The summed E-state index contributed by atoms with van der Waals surface area (Å²) in [4.78, 5) is 0. The topological polar surface area (TPSA) is 66.9 Å². The third-order valence-electron chi connectivity index (χ3n) is 1.03. The first kappa shape index (κ1) is 9.60. The van der Waals surface area contributed by atoms with Crippen LogP contribution in [0, 0.1) is 11.3 Å². The molecule has 0 aliphatic carbocycles. The summed E-state index contributed by atoms with van der Waals surface area (Å²) in [6, 6.07) is 1.94. The van der Waals surface area contributed by atoms with Crippen molar-refractivity contribution in [3.8, 4) is 6.07 Å². The summed E-state index contributed by atoms with van der Waals surface area (Å²) in [7, 11) is -0.982. The van der Waals surface area contributed by atoms with Gasteiger partial charge in [0.15, 0.2) is 0 Å². The maximum Gasteiger partial charge on any atom is 0.111 e. The molecule has 0 bridgehead atoms. The molecular formula is C6H12N2OS. The molecule has 0 heterocycles. The average molecular weight is 160 g/mol. The molecule has 0 rings (SSSR count). The summed E-state index contributed by atoms with van der Waals surface area (Å²) in [6.07, 6.45) is 0.730. The van der Waals surface area contributed by atoms with Crippen molar-refractivity contribution < 1.29 is 4.21 Å². The van der Waals surface area contributed by atoms with Gasteiger partial charge in [-0.2, -0.15) is 5.26 Å². The molecule has 58 valence electrons. The van der Waals surface area contributed by atoms with Crippen LogP contribution in [0.3, 0.4) is 0 Å². The van der Waals surface area contributed by atoms with Crippen molar-refractivity contribution in [1.82, 2.24) is 0 Å². The fraction of sp³-hybridized carbons (Fsp3) is 0.833. The lowest BCUT2D eigenvalue weighted by atomic mass is 10.3. The lowest BCUT2D eigenvalue weighted by Gasteiger charge is -2.01. The number of hydrogen-bond acceptors (Lipinski definition) is 3. The summed E-state index contributed by atoms with van der Waals surface area (Å²) in [5.74, 6) is 0.679. The molecule has 4 heteroatoms. The molecule has 0 saturated carbocycles. The normalized spacial score (nSPS) is 15.7. The Hall–Kier alpha value is -0.400. The number of rotatable bonds is 4. The largest absolute Gasteiger partial charge is 0.328 e. The third-order valence-corrected chi connectivity index (χ3v) is 2.17. The molecule has 2 atom stereocenters. The lowest BCUT2D eigenvalue weighted by Crippen LogP contribution is -2.18. The van der Waals surface area contributed by atoms with E-state index >= 15 is 0 Å². The van der Waals surface area contributed by atoms with Crippen molar-refractivity contribution in [3.63, 3.8) is 0 Å². The monoisotopic (exact) mass is 160 g/mol. The highest BCUT2D eigenvalue weighted by atomic mass is 32.2. The third kappa shape index (κ3) is 5.73. The van der Waals surface area contributed by atoms with Gasteiger partial charge in [-0.15, -0.1) is 0 Å². The van der Waals surface area contributed by atoms with Gasteiger partial charge in [0.1, 0.15) is 5.75 Å². The first-order valence-electron chi connectivity index (χ1n) is 3.14. The molecule has 0 aromatic rings. The highest BCUT2D eigenvalue weighted by Crippen LogP contribution is 1.90. The smallest absolute Gasteiger partial charge is 0.111 e. The highest BCUT2D eigenvalue weighted by Gasteiger charge is 1.99. The molecule has 0 saturated heterocycles. The molecule has 0 amide bonds. The van der Waals surface area contributed by atoms with Gasteiger partial charge in [0.25, 0.3) is 0 Å². The van der Waals surface area contributed by atoms with Gasteiger partial charge in [-0.1, -0.05) is 0 Å². The molecule has 10 heavy (non-hydrogen) atoms. The van der Waals surface area contributed by atoms with Gasteiger partial charge in [-0.05, 0) is 13.3 Å². The van der Waals surface area contributed by atoms with Crippen molar-refractivity contribution in [3.05, 3.63) is 0 Å². The van der Waals surface area contributed by atoms with Crippen LogP contribution in [0.1, 0.15) is 13.3 Å². The van der Waals surface area contributed by atoms with Crippen LogP contribution in [-0.4, -0.2) is 21.8 Å². The zero-order chi connectivity index (χ0) is 7.98. The molecule has 0 spiro atoms. The van der Waals surface area contributed by atoms with Gasteiger partial charge >= 0.3 is 0 Å². The summed E-state index contributed by atoms with van der Waals surface area (Å²) in [5, 5.41) is 8.13. The van der Waals surface area contributed by atoms with E-state index < -0.39 is 10.8 Å². The van der Waals surface area contributed by atoms with Gasteiger partial charge in [0, 0.05) is 22.6 Å². The van der Waals surface area contributed by atoms with Gasteiger partial charge in [0.05, 0.1) is 6.07 Å². The molecule has 2 N–H and O–H groups in total. The first-order valence-corrected chi connectivity index (χ1v) is 4.63. The minimum Gasteiger partial charge on any atom is -0.328 e. The van der Waals surface area contributed by atoms with Crippen LogP contribution in [0.15, 0.2) is 0 Å². The van der Waals surface area contributed by atoms with Crippen molar-refractivity contribution in [1.29, 1.82) is 5.26 Å². The van der Waals surface area contributed by atoms with Crippen LogP contribution < -0.4 is 5.73 Å². The van der Waals surface area contributed by atoms with Gasteiger partial charge < -0.3 is 5.73 Å². The fourth-order valence-corrected chi connectivity index (χ4v) is 1.38. The van der Waals surface area contributed by atoms with E-state index in [4.69, 9.17) is 11.0 Å². The van der Waals surface area contributed by atoms with E-state index in [1.165, 1.54) is 0 Å². The van der Waals surface area contributed by atoms with E-state index in [1.54, 1.807) is 0 Å². The molecule has 0 aromatic carbocycles. The number of nitriles is 1. The minimum absolute atomic E-state index is 0.0858. The molecular weight excluding hydrogens is 148 g/mol. The Balaban J connectivity index is 3.33. The van der Waals surface area contributed by atoms with E-state index in [2.05, 4.69) is 0 Å². The maximum absolute atomic E-state index is 10.8. The summed E-state index contributed by atoms with van der Waals surface area (Å²) >= 11 is 0. The van der Waals surface area contributed by atoms with Crippen molar-refractivity contribution in [2.75, 3.05) is 11.5 Å². The Labute approximate surface area is 63.7 Å². The highest BCUT2D eigenvalue weighted by molar-refractivity contribution is 7.85. The maximum atomic E-state index is 10.8. The Kier molecular flexibility index (Phi) is 5.17. The average Bonchev–Trinajstić information content (AvgIpc) is 1.85. The standard InChI is InChI=1S/C6H12N2OS/c1-6(8)2-4-10(9)5-3-7/h6H,2,4-5,8H2,1H3. The molecule has 0 aliphatic rings. The van der Waals surface area contributed by atoms with E-state index in [-0.39, 0.29) is 11.8 Å². The fourth-order valence-electron chi connectivity index (χ4n) is 0.462. The van der Waals surface area contributed by atoms with Crippen LogP contribution in [0.25, 0.3) is 0 Å². The molecule has 0 radical (unpaired) electrons. The van der Waals surface area contributed by atoms with E-state index in [0.29, 0.717) is 5.75 Å². The quantitative estimate of drug-likeness (QED) is 0.629. The lowest BCUT2D eigenvalue weighted by molar-refractivity contribution is 0.670. The van der Waals surface area contributed by atoms with E-state index in [9.17, 15) is 4.21 Å². The van der Waals surface area contributed by atoms with Crippen molar-refractivity contribution >= 4 is 10.8 Å². The van der Waals surface area contributed by atoms with Gasteiger partial charge in [0.2, 0.25) is 0 Å². The summed E-state index contributed by atoms with van der Waals surface area (Å²) in [5.41, 5.74) is 5.42. The Morgan fingerprint density at radius 1 is 1.80 bits per heavy atom. The van der Waals surface area contributed by atoms with Crippen LogP contribution in [0.2, 0.25) is 0 Å². The van der Waals surface area contributed by atoms with Crippen LogP contribution in [-0.2, 0) is 10.8 Å². The Morgan fingerprint density at radius 3 is 2.80 bits per heavy atom. The van der Waals surface area contributed by atoms with Crippen LogP contribution in [0.4, 0.5) is 0 Å².